The zero-order valence-corrected chi connectivity index (χ0v) is 12.3. The molecule has 0 amide bonds. The fraction of sp³-hybridized carbons (Fsp3) is 0.200. The molecule has 0 N–H and O–H groups in total. The molecule has 0 radical (unpaired) electrons. The Morgan fingerprint density at radius 2 is 1.59 bits per heavy atom. The number of rotatable bonds is 3. The quantitative estimate of drug-likeness (QED) is 0.844. The van der Waals surface area contributed by atoms with Crippen LogP contribution >= 0.6 is 0 Å². The molecule has 106 valence electrons. The summed E-state index contributed by atoms with van der Waals surface area (Å²) in [4.78, 5) is 0. The van der Waals surface area contributed by atoms with Gasteiger partial charge in [0.1, 0.15) is 0 Å². The second kappa shape index (κ2) is 5.88. The maximum absolute atomic E-state index is 9.80. The summed E-state index contributed by atoms with van der Waals surface area (Å²) < 4.78 is 0. The Bertz CT molecular complexity index is 774. The van der Waals surface area contributed by atoms with Crippen molar-refractivity contribution in [2.24, 2.45) is 5.41 Å². The molecular formula is C20H16N2. The predicted molar refractivity (Wildman–Crippen MR) is 86.5 cm³/mol. The van der Waals surface area contributed by atoms with E-state index in [9.17, 15) is 10.5 Å². The fourth-order valence-electron chi connectivity index (χ4n) is 3.11. The summed E-state index contributed by atoms with van der Waals surface area (Å²) in [5.74, 6) is 0. The molecule has 0 bridgehead atoms. The Balaban J connectivity index is 2.08. The smallest absolute Gasteiger partial charge is 0.172 e. The minimum atomic E-state index is -1.13. The number of allylic oxidation sites excluding steroid dienone is 2. The maximum atomic E-state index is 9.80. The van der Waals surface area contributed by atoms with Gasteiger partial charge in [-0.2, -0.15) is 10.5 Å². The summed E-state index contributed by atoms with van der Waals surface area (Å²) in [6.07, 6.45) is 4.34. The van der Waals surface area contributed by atoms with E-state index in [-0.39, 0.29) is 0 Å². The molecule has 0 fully saturated rings. The number of fused-ring (bicyclic) bond motifs is 1. The summed E-state index contributed by atoms with van der Waals surface area (Å²) in [5, 5.41) is 19.6. The molecule has 0 unspecified atom stereocenters. The first-order valence-electron chi connectivity index (χ1n) is 7.44. The van der Waals surface area contributed by atoms with Gasteiger partial charge in [-0.15, -0.1) is 0 Å². The predicted octanol–water partition coefficient (Wildman–Crippen LogP) is 4.29. The normalized spacial score (nSPS) is 13.5. The van der Waals surface area contributed by atoms with Gasteiger partial charge < -0.3 is 0 Å². The van der Waals surface area contributed by atoms with E-state index in [1.54, 1.807) is 0 Å². The van der Waals surface area contributed by atoms with Crippen LogP contribution in [-0.4, -0.2) is 0 Å². The molecule has 3 rings (SSSR count). The first-order chi connectivity index (χ1) is 10.8. The fourth-order valence-corrected chi connectivity index (χ4v) is 3.11. The van der Waals surface area contributed by atoms with Gasteiger partial charge in [0.15, 0.2) is 5.41 Å². The number of nitrogens with zero attached hydrogens (tertiary/aromatic N) is 2. The van der Waals surface area contributed by atoms with Gasteiger partial charge in [0.25, 0.3) is 0 Å². The monoisotopic (exact) mass is 284 g/mol. The minimum absolute atomic E-state index is 0.418. The third-order valence-corrected chi connectivity index (χ3v) is 4.22. The summed E-state index contributed by atoms with van der Waals surface area (Å²) in [7, 11) is 0. The van der Waals surface area contributed by atoms with Crippen molar-refractivity contribution in [3.05, 3.63) is 77.4 Å². The van der Waals surface area contributed by atoms with E-state index >= 15 is 0 Å². The second-order valence-electron chi connectivity index (χ2n) is 5.60. The van der Waals surface area contributed by atoms with E-state index in [4.69, 9.17) is 0 Å². The average molecular weight is 284 g/mol. The van der Waals surface area contributed by atoms with Gasteiger partial charge in [-0.25, -0.2) is 0 Å². The maximum Gasteiger partial charge on any atom is 0.172 e. The molecule has 2 aromatic rings. The van der Waals surface area contributed by atoms with Gasteiger partial charge in [0.2, 0.25) is 0 Å². The Morgan fingerprint density at radius 1 is 0.909 bits per heavy atom. The van der Waals surface area contributed by atoms with Gasteiger partial charge in [0, 0.05) is 6.42 Å². The van der Waals surface area contributed by atoms with Crippen molar-refractivity contribution in [2.75, 3.05) is 0 Å². The third kappa shape index (κ3) is 2.41. The molecule has 2 heteroatoms. The van der Waals surface area contributed by atoms with Crippen molar-refractivity contribution in [3.8, 4) is 12.1 Å². The van der Waals surface area contributed by atoms with E-state index in [0.29, 0.717) is 6.42 Å². The topological polar surface area (TPSA) is 47.6 Å². The Hall–Kier alpha value is -2.84. The summed E-state index contributed by atoms with van der Waals surface area (Å²) in [6, 6.07) is 22.5. The highest BCUT2D eigenvalue weighted by Gasteiger charge is 2.37. The largest absolute Gasteiger partial charge is 0.196 e. The van der Waals surface area contributed by atoms with Crippen LogP contribution in [0.3, 0.4) is 0 Å². The average Bonchev–Trinajstić information content (AvgIpc) is 2.60. The van der Waals surface area contributed by atoms with Gasteiger partial charge in [0.05, 0.1) is 12.1 Å². The number of hydrogen-bond acceptors (Lipinski definition) is 2. The van der Waals surface area contributed by atoms with E-state index in [2.05, 4.69) is 24.3 Å². The highest BCUT2D eigenvalue weighted by molar-refractivity contribution is 5.79. The zero-order chi connectivity index (χ0) is 15.4. The van der Waals surface area contributed by atoms with Crippen LogP contribution < -0.4 is 0 Å². The van der Waals surface area contributed by atoms with Crippen molar-refractivity contribution < 1.29 is 0 Å². The molecule has 1 aliphatic carbocycles. The van der Waals surface area contributed by atoms with Crippen LogP contribution in [0.2, 0.25) is 0 Å². The summed E-state index contributed by atoms with van der Waals surface area (Å²) in [6.45, 7) is 0. The van der Waals surface area contributed by atoms with Crippen LogP contribution in [0.25, 0.3) is 5.57 Å². The molecule has 2 nitrogen and oxygen atoms in total. The molecule has 2 aromatic carbocycles. The van der Waals surface area contributed by atoms with E-state index in [1.165, 1.54) is 5.56 Å². The molecule has 1 aliphatic rings. The highest BCUT2D eigenvalue weighted by Crippen LogP contribution is 2.41. The first-order valence-corrected chi connectivity index (χ1v) is 7.44. The molecule has 0 saturated carbocycles. The van der Waals surface area contributed by atoms with Crippen LogP contribution in [0.4, 0.5) is 0 Å². The van der Waals surface area contributed by atoms with Crippen LogP contribution in [0.5, 0.6) is 0 Å². The molecule has 0 aliphatic heterocycles. The lowest BCUT2D eigenvalue weighted by Gasteiger charge is -2.27. The molecule has 0 saturated heterocycles. The molecule has 0 aromatic heterocycles. The van der Waals surface area contributed by atoms with Crippen molar-refractivity contribution in [2.45, 2.75) is 19.3 Å². The van der Waals surface area contributed by atoms with Gasteiger partial charge in [-0.1, -0.05) is 60.7 Å². The van der Waals surface area contributed by atoms with E-state index in [0.717, 1.165) is 29.5 Å². The lowest BCUT2D eigenvalue weighted by atomic mass is 9.71. The molecule has 0 heterocycles. The standard InChI is InChI=1S/C20H16N2/c21-14-20(15-22,13-16-7-2-1-3-8-16)19-12-6-10-17-9-4-5-11-18(17)19/h1-5,7-9,11-12H,6,10,13H2. The SMILES string of the molecule is N#CC(C#N)(Cc1ccccc1)C1=CCCc2ccccc21. The summed E-state index contributed by atoms with van der Waals surface area (Å²) in [5.41, 5.74) is 3.02. The van der Waals surface area contributed by atoms with Crippen LogP contribution in [-0.2, 0) is 12.8 Å². The highest BCUT2D eigenvalue weighted by atomic mass is 14.4. The van der Waals surface area contributed by atoms with Crippen LogP contribution in [0.1, 0.15) is 23.1 Å². The first kappa shape index (κ1) is 14.1. The number of nitriles is 2. The number of aryl methyl sites for hydroxylation is 1. The van der Waals surface area contributed by atoms with Crippen molar-refractivity contribution in [1.29, 1.82) is 10.5 Å². The van der Waals surface area contributed by atoms with Crippen molar-refractivity contribution in [3.63, 3.8) is 0 Å². The Morgan fingerprint density at radius 3 is 2.32 bits per heavy atom. The lowest BCUT2D eigenvalue weighted by Crippen LogP contribution is -2.24. The van der Waals surface area contributed by atoms with Crippen LogP contribution in [0, 0.1) is 28.1 Å². The van der Waals surface area contributed by atoms with Gasteiger partial charge in [-0.3, -0.25) is 0 Å². The Labute approximate surface area is 130 Å². The lowest BCUT2D eigenvalue weighted by molar-refractivity contribution is 0.670. The zero-order valence-electron chi connectivity index (χ0n) is 12.3. The third-order valence-electron chi connectivity index (χ3n) is 4.22. The van der Waals surface area contributed by atoms with E-state index < -0.39 is 5.41 Å². The van der Waals surface area contributed by atoms with Crippen LogP contribution in [0.15, 0.2) is 60.7 Å². The van der Waals surface area contributed by atoms with E-state index in [1.807, 2.05) is 48.5 Å². The number of hydrogen-bond donors (Lipinski definition) is 0. The summed E-state index contributed by atoms with van der Waals surface area (Å²) >= 11 is 0. The van der Waals surface area contributed by atoms with Gasteiger partial charge in [-0.05, 0) is 35.1 Å². The molecular weight excluding hydrogens is 268 g/mol. The molecule has 22 heavy (non-hydrogen) atoms. The van der Waals surface area contributed by atoms with Crippen molar-refractivity contribution in [1.82, 2.24) is 0 Å². The van der Waals surface area contributed by atoms with Crippen molar-refractivity contribution >= 4 is 5.57 Å². The molecule has 0 atom stereocenters. The van der Waals surface area contributed by atoms with Gasteiger partial charge >= 0.3 is 0 Å². The minimum Gasteiger partial charge on any atom is -0.196 e. The Kier molecular flexibility index (Phi) is 3.77. The number of benzene rings is 2. The second-order valence-corrected chi connectivity index (χ2v) is 5.60. The molecule has 0 spiro atoms.